The van der Waals surface area contributed by atoms with Crippen molar-refractivity contribution in [2.75, 3.05) is 13.1 Å². The third-order valence-corrected chi connectivity index (χ3v) is 2.77. The lowest BCUT2D eigenvalue weighted by atomic mass is 10.3. The number of hydrogen-bond donors (Lipinski definition) is 0. The van der Waals surface area contributed by atoms with Gasteiger partial charge in [0, 0.05) is 16.7 Å². The topological polar surface area (TPSA) is 28.0 Å². The van der Waals surface area contributed by atoms with Crippen LogP contribution in [-0.4, -0.2) is 18.1 Å². The van der Waals surface area contributed by atoms with Gasteiger partial charge in [-0.15, -0.1) is 5.11 Å². The lowest BCUT2D eigenvalue weighted by Crippen LogP contribution is -2.14. The summed E-state index contributed by atoms with van der Waals surface area (Å²) in [5.41, 5.74) is 0.931. The molecule has 0 amide bonds. The molecule has 0 heterocycles. The number of hydrogen-bond acceptors (Lipinski definition) is 2. The predicted molar refractivity (Wildman–Crippen MR) is 66.6 cm³/mol. The van der Waals surface area contributed by atoms with Crippen LogP contribution in [-0.2, 0) is 0 Å². The van der Waals surface area contributed by atoms with Gasteiger partial charge in [-0.05, 0) is 48.6 Å². The Balaban J connectivity index is 2.72. The maximum absolute atomic E-state index is 4.19. The Bertz CT molecular complexity index is 308. The van der Waals surface area contributed by atoms with E-state index in [9.17, 15) is 0 Å². The summed E-state index contributed by atoms with van der Waals surface area (Å²) < 4.78 is 1.13. The number of nitrogens with zero attached hydrogens (tertiary/aromatic N) is 3. The third-order valence-electron chi connectivity index (χ3n) is 1.86. The highest BCUT2D eigenvalue weighted by molar-refractivity contribution is 14.1. The van der Waals surface area contributed by atoms with Gasteiger partial charge < -0.3 is 0 Å². The summed E-state index contributed by atoms with van der Waals surface area (Å²) in [4.78, 5) is 0. The summed E-state index contributed by atoms with van der Waals surface area (Å²) in [5, 5.41) is 10.3. The minimum atomic E-state index is 0.892. The standard InChI is InChI=1S/C10H14IN3/c1-3-14(4-2)13-12-10-8-6-5-7-9(10)11/h5-8H,3-4H2,1-2H3. The second-order valence-electron chi connectivity index (χ2n) is 2.78. The molecule has 0 aliphatic carbocycles. The van der Waals surface area contributed by atoms with Gasteiger partial charge in [0.2, 0.25) is 0 Å². The molecule has 0 N–H and O–H groups in total. The Morgan fingerprint density at radius 2 is 1.86 bits per heavy atom. The average Bonchev–Trinajstić information content (AvgIpc) is 2.22. The predicted octanol–water partition coefficient (Wildman–Crippen LogP) is 3.63. The Labute approximate surface area is 98.3 Å². The number of rotatable bonds is 4. The van der Waals surface area contributed by atoms with E-state index < -0.39 is 0 Å². The lowest BCUT2D eigenvalue weighted by molar-refractivity contribution is 0.300. The van der Waals surface area contributed by atoms with Crippen LogP contribution in [0, 0.1) is 3.57 Å². The quantitative estimate of drug-likeness (QED) is 0.474. The van der Waals surface area contributed by atoms with Crippen molar-refractivity contribution in [3.63, 3.8) is 0 Å². The van der Waals surface area contributed by atoms with E-state index in [1.165, 1.54) is 0 Å². The van der Waals surface area contributed by atoms with Crippen LogP contribution in [0.25, 0.3) is 0 Å². The van der Waals surface area contributed by atoms with Crippen LogP contribution >= 0.6 is 22.6 Å². The monoisotopic (exact) mass is 303 g/mol. The maximum atomic E-state index is 4.19. The molecule has 4 heteroatoms. The Morgan fingerprint density at radius 3 is 2.43 bits per heavy atom. The van der Waals surface area contributed by atoms with Crippen LogP contribution in [0.2, 0.25) is 0 Å². The molecule has 1 aromatic rings. The zero-order valence-electron chi connectivity index (χ0n) is 8.44. The first-order chi connectivity index (χ1) is 6.77. The molecule has 76 valence electrons. The van der Waals surface area contributed by atoms with E-state index in [2.05, 4.69) is 46.8 Å². The highest BCUT2D eigenvalue weighted by Crippen LogP contribution is 2.20. The van der Waals surface area contributed by atoms with Crippen molar-refractivity contribution in [3.05, 3.63) is 27.8 Å². The Morgan fingerprint density at radius 1 is 1.21 bits per heavy atom. The van der Waals surface area contributed by atoms with Crippen LogP contribution < -0.4 is 0 Å². The molecule has 0 saturated heterocycles. The number of halogens is 1. The second-order valence-corrected chi connectivity index (χ2v) is 3.94. The van der Waals surface area contributed by atoms with Gasteiger partial charge in [-0.3, -0.25) is 5.01 Å². The normalized spacial score (nSPS) is 10.8. The van der Waals surface area contributed by atoms with Crippen LogP contribution in [0.3, 0.4) is 0 Å². The molecule has 0 spiro atoms. The van der Waals surface area contributed by atoms with Gasteiger partial charge in [0.05, 0.1) is 0 Å². The fraction of sp³-hybridized carbons (Fsp3) is 0.400. The first-order valence-electron chi connectivity index (χ1n) is 4.69. The fourth-order valence-electron chi connectivity index (χ4n) is 0.994. The summed E-state index contributed by atoms with van der Waals surface area (Å²) >= 11 is 2.26. The molecular weight excluding hydrogens is 289 g/mol. The van der Waals surface area contributed by atoms with Crippen molar-refractivity contribution in [1.82, 2.24) is 5.01 Å². The van der Waals surface area contributed by atoms with Gasteiger partial charge in [-0.25, -0.2) is 0 Å². The van der Waals surface area contributed by atoms with E-state index in [0.717, 1.165) is 22.3 Å². The van der Waals surface area contributed by atoms with Gasteiger partial charge in [0.1, 0.15) is 5.69 Å². The summed E-state index contributed by atoms with van der Waals surface area (Å²) in [6, 6.07) is 7.96. The van der Waals surface area contributed by atoms with E-state index in [4.69, 9.17) is 0 Å². The molecule has 0 saturated carbocycles. The molecule has 0 aliphatic rings. The highest BCUT2D eigenvalue weighted by Gasteiger charge is 1.96. The molecule has 14 heavy (non-hydrogen) atoms. The van der Waals surface area contributed by atoms with E-state index in [1.807, 2.05) is 29.3 Å². The first kappa shape index (κ1) is 11.4. The van der Waals surface area contributed by atoms with E-state index in [1.54, 1.807) is 0 Å². The van der Waals surface area contributed by atoms with E-state index >= 15 is 0 Å². The Hall–Kier alpha value is -0.650. The lowest BCUT2D eigenvalue weighted by Gasteiger charge is -2.11. The highest BCUT2D eigenvalue weighted by atomic mass is 127. The zero-order chi connectivity index (χ0) is 10.4. The minimum Gasteiger partial charge on any atom is -0.279 e. The summed E-state index contributed by atoms with van der Waals surface area (Å²) in [5.74, 6) is 0. The van der Waals surface area contributed by atoms with E-state index in [-0.39, 0.29) is 0 Å². The van der Waals surface area contributed by atoms with Crippen LogP contribution in [0.5, 0.6) is 0 Å². The molecule has 0 atom stereocenters. The first-order valence-corrected chi connectivity index (χ1v) is 5.77. The zero-order valence-corrected chi connectivity index (χ0v) is 10.6. The SMILES string of the molecule is CCN(CC)N=Nc1ccccc1I. The third kappa shape index (κ3) is 3.25. The molecule has 0 fully saturated rings. The number of benzene rings is 1. The van der Waals surface area contributed by atoms with Gasteiger partial charge in [0.15, 0.2) is 0 Å². The van der Waals surface area contributed by atoms with Crippen molar-refractivity contribution in [2.24, 2.45) is 10.3 Å². The van der Waals surface area contributed by atoms with Crippen LogP contribution in [0.15, 0.2) is 34.6 Å². The minimum absolute atomic E-state index is 0.892. The molecule has 0 aliphatic heterocycles. The van der Waals surface area contributed by atoms with Crippen LogP contribution in [0.4, 0.5) is 5.69 Å². The smallest absolute Gasteiger partial charge is 0.101 e. The van der Waals surface area contributed by atoms with Crippen molar-refractivity contribution < 1.29 is 0 Å². The maximum Gasteiger partial charge on any atom is 0.101 e. The van der Waals surface area contributed by atoms with Crippen molar-refractivity contribution >= 4 is 28.3 Å². The van der Waals surface area contributed by atoms with Gasteiger partial charge in [-0.1, -0.05) is 17.4 Å². The largest absolute Gasteiger partial charge is 0.279 e. The van der Waals surface area contributed by atoms with Gasteiger partial charge in [0.25, 0.3) is 0 Å². The van der Waals surface area contributed by atoms with E-state index in [0.29, 0.717) is 0 Å². The molecule has 0 bridgehead atoms. The summed E-state index contributed by atoms with van der Waals surface area (Å²) in [6.45, 7) is 5.92. The molecular formula is C10H14IN3. The van der Waals surface area contributed by atoms with Crippen molar-refractivity contribution in [3.8, 4) is 0 Å². The molecule has 1 aromatic carbocycles. The Kier molecular flexibility index (Phi) is 4.86. The van der Waals surface area contributed by atoms with Crippen LogP contribution in [0.1, 0.15) is 13.8 Å². The second kappa shape index (κ2) is 5.95. The summed E-state index contributed by atoms with van der Waals surface area (Å²) in [7, 11) is 0. The molecule has 0 unspecified atom stereocenters. The molecule has 1 rings (SSSR count). The molecule has 0 radical (unpaired) electrons. The molecule has 0 aromatic heterocycles. The van der Waals surface area contributed by atoms with Gasteiger partial charge in [-0.2, -0.15) is 0 Å². The van der Waals surface area contributed by atoms with Gasteiger partial charge >= 0.3 is 0 Å². The van der Waals surface area contributed by atoms with Crippen molar-refractivity contribution in [1.29, 1.82) is 0 Å². The van der Waals surface area contributed by atoms with Crippen molar-refractivity contribution in [2.45, 2.75) is 13.8 Å². The summed E-state index contributed by atoms with van der Waals surface area (Å²) in [6.07, 6.45) is 0. The average molecular weight is 303 g/mol. The fourth-order valence-corrected chi connectivity index (χ4v) is 1.49. The molecule has 3 nitrogen and oxygen atoms in total.